The molecule has 2 aromatic rings. The number of nitrogen functional groups attached to an aromatic ring is 1. The quantitative estimate of drug-likeness (QED) is 0.918. The molecule has 2 N–H and O–H groups in total. The van der Waals surface area contributed by atoms with Crippen molar-refractivity contribution in [3.63, 3.8) is 0 Å². The molecule has 2 heterocycles. The van der Waals surface area contributed by atoms with Crippen LogP contribution in [0.1, 0.15) is 24.0 Å². The molecule has 0 aliphatic heterocycles. The van der Waals surface area contributed by atoms with Gasteiger partial charge in [-0.15, -0.1) is 0 Å². The van der Waals surface area contributed by atoms with E-state index < -0.39 is 0 Å². The molecule has 0 spiro atoms. The van der Waals surface area contributed by atoms with Crippen LogP contribution in [0.4, 0.5) is 11.8 Å². The van der Waals surface area contributed by atoms with E-state index in [0.29, 0.717) is 12.0 Å². The molecule has 4 nitrogen and oxygen atoms in total. The van der Waals surface area contributed by atoms with Crippen molar-refractivity contribution >= 4 is 23.1 Å². The second-order valence-electron chi connectivity index (χ2n) is 4.73. The van der Waals surface area contributed by atoms with Crippen LogP contribution in [-0.4, -0.2) is 16.0 Å². The largest absolute Gasteiger partial charge is 0.368 e. The molecule has 1 aliphatic rings. The Bertz CT molecular complexity index is 534. The maximum atomic E-state index is 5.71. The molecule has 0 saturated heterocycles. The van der Waals surface area contributed by atoms with Gasteiger partial charge in [0, 0.05) is 24.3 Å². The smallest absolute Gasteiger partial charge is 0.221 e. The molecule has 18 heavy (non-hydrogen) atoms. The van der Waals surface area contributed by atoms with Gasteiger partial charge in [0.25, 0.3) is 0 Å². The molecule has 0 bridgehead atoms. The van der Waals surface area contributed by atoms with E-state index >= 15 is 0 Å². The van der Waals surface area contributed by atoms with Gasteiger partial charge in [-0.1, -0.05) is 0 Å². The van der Waals surface area contributed by atoms with Crippen LogP contribution in [-0.2, 0) is 6.54 Å². The minimum atomic E-state index is 0.353. The normalized spacial score (nSPS) is 14.7. The third-order valence-corrected chi connectivity index (χ3v) is 3.89. The van der Waals surface area contributed by atoms with E-state index in [2.05, 4.69) is 31.7 Å². The van der Waals surface area contributed by atoms with Gasteiger partial charge in [0.05, 0.1) is 0 Å². The maximum absolute atomic E-state index is 5.71. The molecule has 0 unspecified atom stereocenters. The molecule has 3 rings (SSSR count). The van der Waals surface area contributed by atoms with Gasteiger partial charge < -0.3 is 10.6 Å². The third kappa shape index (κ3) is 2.31. The second-order valence-corrected chi connectivity index (χ2v) is 5.51. The number of nitrogens with zero attached hydrogens (tertiary/aromatic N) is 3. The molecular weight excluding hydrogens is 244 g/mol. The minimum absolute atomic E-state index is 0.353. The first-order chi connectivity index (χ1) is 8.74. The lowest BCUT2D eigenvalue weighted by molar-refractivity contribution is 0.774. The summed E-state index contributed by atoms with van der Waals surface area (Å²) in [6.07, 6.45) is 4.29. The van der Waals surface area contributed by atoms with Crippen molar-refractivity contribution in [2.45, 2.75) is 32.4 Å². The summed E-state index contributed by atoms with van der Waals surface area (Å²) in [5, 5.41) is 4.30. The Morgan fingerprint density at radius 2 is 2.33 bits per heavy atom. The van der Waals surface area contributed by atoms with E-state index in [1.54, 1.807) is 17.5 Å². The van der Waals surface area contributed by atoms with Crippen LogP contribution in [0.3, 0.4) is 0 Å². The molecule has 0 radical (unpaired) electrons. The lowest BCUT2D eigenvalue weighted by atomic mass is 10.2. The van der Waals surface area contributed by atoms with E-state index in [1.807, 2.05) is 6.92 Å². The van der Waals surface area contributed by atoms with Crippen LogP contribution in [0.25, 0.3) is 0 Å². The predicted molar refractivity (Wildman–Crippen MR) is 74.7 cm³/mol. The van der Waals surface area contributed by atoms with Crippen molar-refractivity contribution < 1.29 is 0 Å². The fourth-order valence-corrected chi connectivity index (χ4v) is 2.74. The van der Waals surface area contributed by atoms with Gasteiger partial charge >= 0.3 is 0 Å². The van der Waals surface area contributed by atoms with E-state index in [1.165, 1.54) is 18.4 Å². The highest BCUT2D eigenvalue weighted by molar-refractivity contribution is 7.07. The number of rotatable bonds is 4. The zero-order chi connectivity index (χ0) is 12.5. The summed E-state index contributed by atoms with van der Waals surface area (Å²) >= 11 is 1.73. The van der Waals surface area contributed by atoms with Gasteiger partial charge in [0.2, 0.25) is 5.95 Å². The molecule has 0 amide bonds. The monoisotopic (exact) mass is 260 g/mol. The van der Waals surface area contributed by atoms with Gasteiger partial charge in [-0.2, -0.15) is 16.3 Å². The summed E-state index contributed by atoms with van der Waals surface area (Å²) in [6, 6.07) is 2.78. The van der Waals surface area contributed by atoms with Gasteiger partial charge in [-0.05, 0) is 42.2 Å². The van der Waals surface area contributed by atoms with Crippen LogP contribution in [0.2, 0.25) is 0 Å². The van der Waals surface area contributed by atoms with Gasteiger partial charge in [0.1, 0.15) is 5.82 Å². The zero-order valence-corrected chi connectivity index (χ0v) is 11.2. The number of nitrogens with two attached hydrogens (primary N) is 1. The zero-order valence-electron chi connectivity index (χ0n) is 10.3. The van der Waals surface area contributed by atoms with Crippen molar-refractivity contribution in [1.29, 1.82) is 0 Å². The topological polar surface area (TPSA) is 55.0 Å². The number of aromatic nitrogens is 2. The van der Waals surface area contributed by atoms with E-state index in [-0.39, 0.29) is 0 Å². The Balaban J connectivity index is 1.91. The number of hydrogen-bond acceptors (Lipinski definition) is 5. The summed E-state index contributed by atoms with van der Waals surface area (Å²) in [6.45, 7) is 2.95. The van der Waals surface area contributed by atoms with E-state index in [4.69, 9.17) is 5.73 Å². The number of thiophene rings is 1. The maximum Gasteiger partial charge on any atom is 0.221 e. The first-order valence-electron chi connectivity index (χ1n) is 6.11. The summed E-state index contributed by atoms with van der Waals surface area (Å²) < 4.78 is 0. The standard InChI is InChI=1S/C13H16N4S/c1-9-6-15-13(14)16-12(9)17(11-2-3-11)7-10-4-5-18-8-10/h4-6,8,11H,2-3,7H2,1H3,(H2,14,15,16). The van der Waals surface area contributed by atoms with Gasteiger partial charge in [0.15, 0.2) is 0 Å². The molecular formula is C13H16N4S. The second kappa shape index (κ2) is 4.57. The summed E-state index contributed by atoms with van der Waals surface area (Å²) in [5.74, 6) is 1.34. The molecule has 1 fully saturated rings. The fraction of sp³-hybridized carbons (Fsp3) is 0.385. The summed E-state index contributed by atoms with van der Waals surface area (Å²) in [5.41, 5.74) is 8.14. The number of aryl methyl sites for hydroxylation is 1. The summed E-state index contributed by atoms with van der Waals surface area (Å²) in [7, 11) is 0. The average Bonchev–Trinajstić information content (AvgIpc) is 3.07. The Morgan fingerprint density at radius 1 is 1.50 bits per heavy atom. The van der Waals surface area contributed by atoms with E-state index in [0.717, 1.165) is 17.9 Å². The molecule has 94 valence electrons. The number of hydrogen-bond donors (Lipinski definition) is 1. The van der Waals surface area contributed by atoms with Crippen molar-refractivity contribution in [3.8, 4) is 0 Å². The molecule has 1 saturated carbocycles. The first-order valence-corrected chi connectivity index (χ1v) is 7.05. The average molecular weight is 260 g/mol. The van der Waals surface area contributed by atoms with Crippen LogP contribution in [0.5, 0.6) is 0 Å². The van der Waals surface area contributed by atoms with Crippen molar-refractivity contribution in [1.82, 2.24) is 9.97 Å². The minimum Gasteiger partial charge on any atom is -0.368 e. The van der Waals surface area contributed by atoms with Crippen molar-refractivity contribution in [2.24, 2.45) is 0 Å². The van der Waals surface area contributed by atoms with Crippen LogP contribution < -0.4 is 10.6 Å². The highest BCUT2D eigenvalue weighted by Gasteiger charge is 2.31. The Morgan fingerprint density at radius 3 is 3.00 bits per heavy atom. The molecule has 0 atom stereocenters. The van der Waals surface area contributed by atoms with Crippen LogP contribution >= 0.6 is 11.3 Å². The third-order valence-electron chi connectivity index (χ3n) is 3.16. The van der Waals surface area contributed by atoms with Gasteiger partial charge in [-0.3, -0.25) is 0 Å². The lowest BCUT2D eigenvalue weighted by Gasteiger charge is -2.24. The molecule has 5 heteroatoms. The van der Waals surface area contributed by atoms with Gasteiger partial charge in [-0.25, -0.2) is 4.98 Å². The highest BCUT2D eigenvalue weighted by atomic mass is 32.1. The number of anilines is 2. The lowest BCUT2D eigenvalue weighted by Crippen LogP contribution is -2.27. The van der Waals surface area contributed by atoms with Crippen molar-refractivity contribution in [3.05, 3.63) is 34.2 Å². The SMILES string of the molecule is Cc1cnc(N)nc1N(Cc1ccsc1)C1CC1. The Labute approximate surface area is 110 Å². The predicted octanol–water partition coefficient (Wildman–Crippen LogP) is 2.60. The highest BCUT2D eigenvalue weighted by Crippen LogP contribution is 2.33. The van der Waals surface area contributed by atoms with Crippen LogP contribution in [0.15, 0.2) is 23.0 Å². The van der Waals surface area contributed by atoms with Crippen molar-refractivity contribution in [2.75, 3.05) is 10.6 Å². The summed E-state index contributed by atoms with van der Waals surface area (Å²) in [4.78, 5) is 10.8. The van der Waals surface area contributed by atoms with E-state index in [9.17, 15) is 0 Å². The molecule has 1 aliphatic carbocycles. The Kier molecular flexibility index (Phi) is 2.91. The molecule has 0 aromatic carbocycles. The first kappa shape index (κ1) is 11.5. The Hall–Kier alpha value is -1.62. The molecule has 2 aromatic heterocycles. The fourth-order valence-electron chi connectivity index (χ4n) is 2.08. The van der Waals surface area contributed by atoms with Crippen LogP contribution in [0, 0.1) is 6.92 Å².